The Labute approximate surface area is 192 Å². The second-order valence-electron chi connectivity index (χ2n) is 10.3. The summed E-state index contributed by atoms with van der Waals surface area (Å²) < 4.78 is 0. The zero-order valence-electron chi connectivity index (χ0n) is 18.7. The van der Waals surface area contributed by atoms with Gasteiger partial charge in [0.1, 0.15) is 11.7 Å². The summed E-state index contributed by atoms with van der Waals surface area (Å²) in [6, 6.07) is 8.97. The first kappa shape index (κ1) is 21.8. The Kier molecular flexibility index (Phi) is 5.56. The van der Waals surface area contributed by atoms with Gasteiger partial charge >= 0.3 is 0 Å². The minimum Gasteiger partial charge on any atom is -0.370 e. The zero-order chi connectivity index (χ0) is 23.2. The molecule has 0 unspecified atom stereocenters. The number of primary amides is 1. The number of benzene rings is 1. The van der Waals surface area contributed by atoms with Gasteiger partial charge in [-0.25, -0.2) is 10.8 Å². The van der Waals surface area contributed by atoms with Crippen molar-refractivity contribution in [3.8, 4) is 0 Å². The van der Waals surface area contributed by atoms with Gasteiger partial charge in [0, 0.05) is 11.8 Å². The summed E-state index contributed by atoms with van der Waals surface area (Å²) in [4.78, 5) is 41.2. The molecule has 6 rings (SSSR count). The Hall–Kier alpha value is -3.00. The Morgan fingerprint density at radius 2 is 1.70 bits per heavy atom. The summed E-state index contributed by atoms with van der Waals surface area (Å²) in [5, 5.41) is 3.82. The van der Waals surface area contributed by atoms with Crippen LogP contribution in [0.3, 0.4) is 0 Å². The van der Waals surface area contributed by atoms with Crippen LogP contribution in [0.2, 0.25) is 0 Å². The molecule has 4 bridgehead atoms. The van der Waals surface area contributed by atoms with Crippen LogP contribution in [-0.4, -0.2) is 28.7 Å². The molecule has 3 amide bonds. The number of para-hydroxylation sites is 1. The quantitative estimate of drug-likeness (QED) is 0.291. The second kappa shape index (κ2) is 8.41. The second-order valence-corrected chi connectivity index (χ2v) is 10.3. The van der Waals surface area contributed by atoms with Crippen LogP contribution >= 0.6 is 0 Å². The van der Waals surface area contributed by atoms with Crippen molar-refractivity contribution in [2.75, 3.05) is 0 Å². The number of hydrazine groups is 1. The first-order valence-electron chi connectivity index (χ1n) is 11.9. The van der Waals surface area contributed by atoms with E-state index in [4.69, 9.17) is 11.6 Å². The number of pyridine rings is 1. The maximum atomic E-state index is 13.2. The van der Waals surface area contributed by atoms with Gasteiger partial charge in [-0.2, -0.15) is 0 Å². The van der Waals surface area contributed by atoms with Crippen molar-refractivity contribution in [2.45, 2.75) is 62.8 Å². The topological polar surface area (TPSA) is 140 Å². The molecule has 4 aliphatic rings. The molecule has 0 saturated heterocycles. The van der Waals surface area contributed by atoms with Crippen LogP contribution in [0.15, 0.2) is 30.3 Å². The number of hydrogen-bond acceptors (Lipinski definition) is 5. The number of aromatic nitrogens is 1. The lowest BCUT2D eigenvalue weighted by Crippen LogP contribution is -2.50. The molecule has 2 aromatic rings. The maximum absolute atomic E-state index is 13.2. The van der Waals surface area contributed by atoms with Gasteiger partial charge in [0.15, 0.2) is 0 Å². The lowest BCUT2D eigenvalue weighted by atomic mass is 9.48. The summed E-state index contributed by atoms with van der Waals surface area (Å²) in [7, 11) is 0. The molecule has 1 atom stereocenters. The lowest BCUT2D eigenvalue weighted by Gasteiger charge is -2.57. The SMILES string of the molecule is NNC(=O)[C@H](CCC(N)=O)NC(=O)c1cc(C23CC4CC(CC(C4)C2)C3)c2ccccc2n1. The summed E-state index contributed by atoms with van der Waals surface area (Å²) in [6.07, 6.45) is 7.56. The molecule has 8 nitrogen and oxygen atoms in total. The van der Waals surface area contributed by atoms with Gasteiger partial charge < -0.3 is 11.1 Å². The zero-order valence-corrected chi connectivity index (χ0v) is 18.7. The monoisotopic (exact) mass is 449 g/mol. The Morgan fingerprint density at radius 3 is 2.30 bits per heavy atom. The van der Waals surface area contributed by atoms with Gasteiger partial charge in [-0.05, 0) is 85.8 Å². The molecule has 1 heterocycles. The Morgan fingerprint density at radius 1 is 1.06 bits per heavy atom. The van der Waals surface area contributed by atoms with E-state index in [1.165, 1.54) is 44.1 Å². The van der Waals surface area contributed by atoms with E-state index < -0.39 is 23.8 Å². The molecule has 0 radical (unpaired) electrons. The normalized spacial score (nSPS) is 28.5. The number of hydrogen-bond donors (Lipinski definition) is 4. The molecule has 6 N–H and O–H groups in total. The number of nitrogens with two attached hydrogens (primary N) is 2. The van der Waals surface area contributed by atoms with Gasteiger partial charge in [-0.3, -0.25) is 19.8 Å². The molecule has 0 aliphatic heterocycles. The van der Waals surface area contributed by atoms with Crippen LogP contribution in [0, 0.1) is 17.8 Å². The standard InChI is InChI=1S/C25H31N5O3/c26-22(31)6-5-20(24(33)30-27)29-23(32)21-10-18(17-3-1-2-4-19(17)28-21)25-11-14-7-15(12-25)9-16(8-14)13-25/h1-4,10,14-16,20H,5-9,11-13,27H2,(H2,26,31)(H,29,32)(H,30,33)/t14?,15?,16?,20-,25?/m0/s1. The lowest BCUT2D eigenvalue weighted by molar-refractivity contribution is -0.123. The van der Waals surface area contributed by atoms with E-state index in [0.717, 1.165) is 28.7 Å². The number of nitrogens with one attached hydrogen (secondary N) is 2. The fraction of sp³-hybridized carbons (Fsp3) is 0.520. The third kappa shape index (κ3) is 4.08. The van der Waals surface area contributed by atoms with Crippen LogP contribution in [0.25, 0.3) is 10.9 Å². The van der Waals surface area contributed by atoms with Gasteiger partial charge in [-0.1, -0.05) is 18.2 Å². The predicted octanol–water partition coefficient (Wildman–Crippen LogP) is 2.06. The van der Waals surface area contributed by atoms with E-state index >= 15 is 0 Å². The molecule has 4 fully saturated rings. The fourth-order valence-electron chi connectivity index (χ4n) is 7.06. The summed E-state index contributed by atoms with van der Waals surface area (Å²) in [5.74, 6) is 6.01. The first-order chi connectivity index (χ1) is 15.9. The van der Waals surface area contributed by atoms with E-state index in [0.29, 0.717) is 0 Å². The molecule has 1 aromatic heterocycles. The molecule has 0 spiro atoms. The maximum Gasteiger partial charge on any atom is 0.270 e. The van der Waals surface area contributed by atoms with Crippen molar-refractivity contribution in [1.82, 2.24) is 15.7 Å². The average Bonchev–Trinajstić information content (AvgIpc) is 2.79. The van der Waals surface area contributed by atoms with E-state index in [2.05, 4.69) is 16.4 Å². The third-order valence-corrected chi connectivity index (χ3v) is 8.00. The molecule has 4 saturated carbocycles. The van der Waals surface area contributed by atoms with Gasteiger partial charge in [-0.15, -0.1) is 0 Å². The molecule has 33 heavy (non-hydrogen) atoms. The summed E-state index contributed by atoms with van der Waals surface area (Å²) in [5.41, 5.74) is 9.65. The molecular weight excluding hydrogens is 418 g/mol. The predicted molar refractivity (Wildman–Crippen MR) is 124 cm³/mol. The molecular formula is C25H31N5O3. The number of carbonyl (C=O) groups is 3. The van der Waals surface area contributed by atoms with E-state index in [-0.39, 0.29) is 24.0 Å². The largest absolute Gasteiger partial charge is 0.370 e. The van der Waals surface area contributed by atoms with Crippen LogP contribution in [0.1, 0.15) is 67.4 Å². The van der Waals surface area contributed by atoms with E-state index in [1.54, 1.807) is 0 Å². The van der Waals surface area contributed by atoms with Crippen molar-refractivity contribution < 1.29 is 14.4 Å². The number of nitrogens with zero attached hydrogens (tertiary/aromatic N) is 1. The molecule has 4 aliphatic carbocycles. The van der Waals surface area contributed by atoms with Crippen molar-refractivity contribution >= 4 is 28.6 Å². The van der Waals surface area contributed by atoms with Crippen LogP contribution in [0.4, 0.5) is 0 Å². The summed E-state index contributed by atoms with van der Waals surface area (Å²) >= 11 is 0. The minimum atomic E-state index is -0.966. The average molecular weight is 450 g/mol. The highest BCUT2D eigenvalue weighted by Crippen LogP contribution is 2.61. The number of fused-ring (bicyclic) bond motifs is 1. The Bertz CT molecular complexity index is 1080. The smallest absolute Gasteiger partial charge is 0.270 e. The van der Waals surface area contributed by atoms with Gasteiger partial charge in [0.2, 0.25) is 5.91 Å². The number of amides is 3. The van der Waals surface area contributed by atoms with Crippen molar-refractivity contribution in [3.63, 3.8) is 0 Å². The van der Waals surface area contributed by atoms with E-state index in [9.17, 15) is 14.4 Å². The Balaban J connectivity index is 1.50. The highest BCUT2D eigenvalue weighted by atomic mass is 16.2. The minimum absolute atomic E-state index is 0.0396. The van der Waals surface area contributed by atoms with E-state index in [1.807, 2.05) is 29.7 Å². The van der Waals surface area contributed by atoms with Crippen molar-refractivity contribution in [1.29, 1.82) is 0 Å². The number of rotatable bonds is 7. The first-order valence-corrected chi connectivity index (χ1v) is 11.9. The van der Waals surface area contributed by atoms with Crippen molar-refractivity contribution in [2.24, 2.45) is 29.3 Å². The highest BCUT2D eigenvalue weighted by molar-refractivity contribution is 5.99. The van der Waals surface area contributed by atoms with Gasteiger partial charge in [0.25, 0.3) is 11.8 Å². The van der Waals surface area contributed by atoms with Crippen molar-refractivity contribution in [3.05, 3.63) is 41.6 Å². The molecule has 1 aromatic carbocycles. The van der Waals surface area contributed by atoms with Crippen LogP contribution in [-0.2, 0) is 15.0 Å². The third-order valence-electron chi connectivity index (χ3n) is 8.00. The number of carbonyl (C=O) groups excluding carboxylic acids is 3. The van der Waals surface area contributed by atoms with Crippen LogP contribution < -0.4 is 22.3 Å². The summed E-state index contributed by atoms with van der Waals surface area (Å²) in [6.45, 7) is 0. The molecule has 8 heteroatoms. The molecule has 174 valence electrons. The fourth-order valence-corrected chi connectivity index (χ4v) is 7.06. The van der Waals surface area contributed by atoms with Crippen LogP contribution in [0.5, 0.6) is 0 Å². The highest BCUT2D eigenvalue weighted by Gasteiger charge is 2.52. The van der Waals surface area contributed by atoms with Gasteiger partial charge in [0.05, 0.1) is 5.52 Å².